The predicted octanol–water partition coefficient (Wildman–Crippen LogP) is 7.55. The van der Waals surface area contributed by atoms with Gasteiger partial charge in [0.1, 0.15) is 11.5 Å². The highest BCUT2D eigenvalue weighted by Gasteiger charge is 2.30. The molecule has 0 fully saturated rings. The van der Waals surface area contributed by atoms with E-state index in [2.05, 4.69) is 41.5 Å². The zero-order valence-electron chi connectivity index (χ0n) is 32.5. The van der Waals surface area contributed by atoms with Gasteiger partial charge in [0.15, 0.2) is 23.0 Å². The van der Waals surface area contributed by atoms with Crippen LogP contribution in [-0.4, -0.2) is 53.6 Å². The van der Waals surface area contributed by atoms with Gasteiger partial charge in [0.05, 0.1) is 20.3 Å². The average molecular weight is 756 g/mol. The SMILES string of the molecule is CCc1ccc2ccccc2c1Cc1c(C[C@H](Cc2cc[n-]c2)[C@H](O)CC(=O)[C@H](Cc2ccc(O)c(OC)c2)c2cc(O)cc(CNC)c2)ccc(O)c1OC. The molecule has 6 aromatic rings. The van der Waals surface area contributed by atoms with E-state index in [-0.39, 0.29) is 35.9 Å². The Morgan fingerprint density at radius 3 is 2.30 bits per heavy atom. The first-order valence-electron chi connectivity index (χ1n) is 19.1. The molecule has 0 amide bonds. The van der Waals surface area contributed by atoms with Crippen LogP contribution in [0, 0.1) is 5.92 Å². The van der Waals surface area contributed by atoms with Crippen LogP contribution in [0.4, 0.5) is 0 Å². The molecule has 0 aliphatic carbocycles. The van der Waals surface area contributed by atoms with Gasteiger partial charge in [-0.05, 0) is 113 Å². The number of Topliss-reactive ketones (excluding diaryl/α,β-unsaturated/α-hetero) is 1. The molecular formula is C47H51N2O7-. The van der Waals surface area contributed by atoms with Crippen molar-refractivity contribution in [2.75, 3.05) is 21.3 Å². The molecule has 292 valence electrons. The molecule has 0 aliphatic heterocycles. The van der Waals surface area contributed by atoms with Crippen molar-refractivity contribution in [3.05, 3.63) is 148 Å². The van der Waals surface area contributed by atoms with E-state index in [4.69, 9.17) is 9.47 Å². The van der Waals surface area contributed by atoms with Gasteiger partial charge in [-0.25, -0.2) is 0 Å². The number of benzene rings is 5. The number of nitrogens with one attached hydrogen (secondary N) is 1. The van der Waals surface area contributed by atoms with Crippen LogP contribution >= 0.6 is 0 Å². The summed E-state index contributed by atoms with van der Waals surface area (Å²) in [4.78, 5) is 18.8. The number of phenolic OH excluding ortho intramolecular Hbond substituents is 3. The number of aliphatic hydroxyl groups is 1. The van der Waals surface area contributed by atoms with E-state index in [0.717, 1.165) is 50.6 Å². The van der Waals surface area contributed by atoms with Crippen LogP contribution in [0.1, 0.15) is 63.8 Å². The van der Waals surface area contributed by atoms with Crippen LogP contribution in [0.25, 0.3) is 10.8 Å². The van der Waals surface area contributed by atoms with Crippen molar-refractivity contribution >= 4 is 16.6 Å². The summed E-state index contributed by atoms with van der Waals surface area (Å²) in [7, 11) is 4.84. The number of carbonyl (C=O) groups excluding carboxylic acids is 1. The van der Waals surface area contributed by atoms with Gasteiger partial charge in [0.2, 0.25) is 0 Å². The lowest BCUT2D eigenvalue weighted by atomic mass is 9.80. The smallest absolute Gasteiger partial charge is 0.164 e. The van der Waals surface area contributed by atoms with Gasteiger partial charge in [-0.3, -0.25) is 4.79 Å². The van der Waals surface area contributed by atoms with E-state index < -0.39 is 17.9 Å². The highest BCUT2D eigenvalue weighted by atomic mass is 16.5. The molecule has 6 rings (SSSR count). The molecule has 3 atom stereocenters. The summed E-state index contributed by atoms with van der Waals surface area (Å²) in [5.41, 5.74) is 7.23. The average Bonchev–Trinajstić information content (AvgIpc) is 3.71. The number of hydrogen-bond donors (Lipinski definition) is 5. The molecule has 9 heteroatoms. The first kappa shape index (κ1) is 39.9. The maximum Gasteiger partial charge on any atom is 0.164 e. The number of fused-ring (bicyclic) bond motifs is 1. The maximum absolute atomic E-state index is 14.6. The highest BCUT2D eigenvalue weighted by Crippen LogP contribution is 2.39. The van der Waals surface area contributed by atoms with Crippen LogP contribution in [-0.2, 0) is 43.4 Å². The number of phenols is 3. The first-order chi connectivity index (χ1) is 27.1. The lowest BCUT2D eigenvalue weighted by Crippen LogP contribution is -2.30. The predicted molar refractivity (Wildman–Crippen MR) is 219 cm³/mol. The zero-order valence-corrected chi connectivity index (χ0v) is 32.5. The normalized spacial score (nSPS) is 13.0. The van der Waals surface area contributed by atoms with E-state index in [1.165, 1.54) is 18.7 Å². The van der Waals surface area contributed by atoms with Gasteiger partial charge in [-0.1, -0.05) is 73.2 Å². The van der Waals surface area contributed by atoms with Crippen molar-refractivity contribution < 1.29 is 34.7 Å². The first-order valence-corrected chi connectivity index (χ1v) is 19.1. The number of ketones is 1. The summed E-state index contributed by atoms with van der Waals surface area (Å²) in [5, 5.41) is 49.6. The lowest BCUT2D eigenvalue weighted by Gasteiger charge is -2.27. The number of hydrogen-bond acceptors (Lipinski definition) is 8. The zero-order chi connectivity index (χ0) is 39.8. The van der Waals surface area contributed by atoms with Crippen molar-refractivity contribution in [3.63, 3.8) is 0 Å². The standard InChI is InChI=1S/C47H51N2O7/c1-5-32-11-12-33-8-6-7-9-38(33)39(32)25-41-34(13-15-43(52)47(41)56-4)23-36(18-30-16-17-49-28-30)44(53)26-45(54)40(21-29-10-14-42(51)46(22-29)55-3)35-19-31(27-48-2)20-37(50)24-35/h6-17,19-20,22,24,28,36,40,44,48,50-53H,5,18,21,23,25-27H2,1-4H3/q-1/t36-,40+,44+/m0/s1. The van der Waals surface area contributed by atoms with Gasteiger partial charge < -0.3 is 40.2 Å². The van der Waals surface area contributed by atoms with Crippen molar-refractivity contribution in [3.8, 4) is 28.7 Å². The Balaban J connectivity index is 1.36. The Bertz CT molecular complexity index is 2270. The van der Waals surface area contributed by atoms with Gasteiger partial charge in [0, 0.05) is 30.9 Å². The molecule has 0 aliphatic rings. The van der Waals surface area contributed by atoms with Gasteiger partial charge in [-0.15, -0.1) is 0 Å². The maximum atomic E-state index is 14.6. The molecule has 0 radical (unpaired) electrons. The summed E-state index contributed by atoms with van der Waals surface area (Å²) in [6, 6.07) is 28.2. The quantitative estimate of drug-likeness (QED) is 0.0601. The number of aliphatic hydroxyl groups excluding tert-OH is 1. The van der Waals surface area contributed by atoms with Crippen molar-refractivity contribution in [2.45, 2.75) is 64.0 Å². The molecular weight excluding hydrogens is 705 g/mol. The number of carbonyl (C=O) groups is 1. The van der Waals surface area contributed by atoms with Crippen LogP contribution in [0.3, 0.4) is 0 Å². The van der Waals surface area contributed by atoms with Crippen LogP contribution in [0.15, 0.2) is 103 Å². The van der Waals surface area contributed by atoms with E-state index in [9.17, 15) is 25.2 Å². The summed E-state index contributed by atoms with van der Waals surface area (Å²) < 4.78 is 11.2. The van der Waals surface area contributed by atoms with E-state index in [1.807, 2.05) is 37.4 Å². The Labute approximate surface area is 328 Å². The van der Waals surface area contributed by atoms with Gasteiger partial charge in [-0.2, -0.15) is 12.4 Å². The van der Waals surface area contributed by atoms with Crippen molar-refractivity contribution in [1.29, 1.82) is 0 Å². The topological polar surface area (TPSA) is 143 Å². The van der Waals surface area contributed by atoms with Crippen LogP contribution < -0.4 is 19.8 Å². The molecule has 0 saturated heterocycles. The third kappa shape index (κ3) is 9.18. The largest absolute Gasteiger partial charge is 0.670 e. The number of aryl methyl sites for hydroxylation is 1. The summed E-state index contributed by atoms with van der Waals surface area (Å²) in [6.45, 7) is 2.62. The van der Waals surface area contributed by atoms with Crippen LogP contribution in [0.5, 0.6) is 28.7 Å². The fourth-order valence-electron chi connectivity index (χ4n) is 7.96. The Hall–Kier alpha value is -5.77. The second-order valence-electron chi connectivity index (χ2n) is 14.5. The number of rotatable bonds is 18. The summed E-state index contributed by atoms with van der Waals surface area (Å²) >= 11 is 0. The third-order valence-electron chi connectivity index (χ3n) is 10.8. The molecule has 56 heavy (non-hydrogen) atoms. The molecule has 0 unspecified atom stereocenters. The van der Waals surface area contributed by atoms with E-state index >= 15 is 0 Å². The second-order valence-corrected chi connectivity index (χ2v) is 14.5. The lowest BCUT2D eigenvalue weighted by molar-refractivity contribution is -0.123. The molecule has 5 N–H and O–H groups in total. The molecule has 1 aromatic heterocycles. The molecule has 9 nitrogen and oxygen atoms in total. The second kappa shape index (κ2) is 18.2. The number of aromatic nitrogens is 1. The molecule has 0 spiro atoms. The fraction of sp³-hybridized carbons (Fsp3) is 0.298. The minimum Gasteiger partial charge on any atom is -0.670 e. The number of methoxy groups -OCH3 is 2. The third-order valence-corrected chi connectivity index (χ3v) is 10.8. The van der Waals surface area contributed by atoms with E-state index in [0.29, 0.717) is 42.9 Å². The molecule has 5 aromatic carbocycles. The van der Waals surface area contributed by atoms with Crippen LogP contribution in [0.2, 0.25) is 0 Å². The Kier molecular flexibility index (Phi) is 13.0. The van der Waals surface area contributed by atoms with Gasteiger partial charge in [0.25, 0.3) is 0 Å². The number of nitrogens with zero attached hydrogens (tertiary/aromatic N) is 1. The molecule has 0 saturated carbocycles. The van der Waals surface area contributed by atoms with Crippen molar-refractivity contribution in [2.24, 2.45) is 5.92 Å². The van der Waals surface area contributed by atoms with Gasteiger partial charge >= 0.3 is 0 Å². The Morgan fingerprint density at radius 1 is 0.786 bits per heavy atom. The monoisotopic (exact) mass is 755 g/mol. The minimum atomic E-state index is -1.06. The van der Waals surface area contributed by atoms with Crippen molar-refractivity contribution in [1.82, 2.24) is 10.3 Å². The number of aromatic hydroxyl groups is 3. The molecule has 1 heterocycles. The fourth-order valence-corrected chi connectivity index (χ4v) is 7.96. The molecule has 0 bridgehead atoms. The highest BCUT2D eigenvalue weighted by molar-refractivity contribution is 5.88. The summed E-state index contributed by atoms with van der Waals surface area (Å²) in [5.74, 6) is -0.566. The Morgan fingerprint density at radius 2 is 1.57 bits per heavy atom. The van der Waals surface area contributed by atoms with E-state index in [1.54, 1.807) is 49.8 Å². The number of ether oxygens (including phenoxy) is 2. The summed E-state index contributed by atoms with van der Waals surface area (Å²) in [6.07, 6.45) is 4.74. The minimum absolute atomic E-state index is 0.00958.